The van der Waals surface area contributed by atoms with E-state index in [1.807, 2.05) is 31.2 Å². The molecule has 0 spiro atoms. The van der Waals surface area contributed by atoms with E-state index in [4.69, 9.17) is 9.47 Å². The predicted octanol–water partition coefficient (Wildman–Crippen LogP) is 3.45. The third-order valence-electron chi connectivity index (χ3n) is 3.59. The third kappa shape index (κ3) is 3.16. The summed E-state index contributed by atoms with van der Waals surface area (Å²) in [6.07, 6.45) is 0. The van der Waals surface area contributed by atoms with Crippen LogP contribution in [0, 0.1) is 5.82 Å². The Morgan fingerprint density at radius 1 is 1.10 bits per heavy atom. The van der Waals surface area contributed by atoms with Gasteiger partial charge in [0.25, 0.3) is 0 Å². The summed E-state index contributed by atoms with van der Waals surface area (Å²) < 4.78 is 24.8. The van der Waals surface area contributed by atoms with Gasteiger partial charge in [-0.25, -0.2) is 4.39 Å². The zero-order valence-electron chi connectivity index (χ0n) is 11.9. The van der Waals surface area contributed by atoms with E-state index in [2.05, 4.69) is 5.32 Å². The van der Waals surface area contributed by atoms with Gasteiger partial charge in [0.05, 0.1) is 0 Å². The molecule has 4 heteroatoms. The Kier molecular flexibility index (Phi) is 4.06. The first-order chi connectivity index (χ1) is 10.2. The predicted molar refractivity (Wildman–Crippen MR) is 79.1 cm³/mol. The van der Waals surface area contributed by atoms with E-state index in [1.165, 1.54) is 6.07 Å². The van der Waals surface area contributed by atoms with Crippen molar-refractivity contribution >= 4 is 0 Å². The van der Waals surface area contributed by atoms with Gasteiger partial charge in [-0.3, -0.25) is 0 Å². The fraction of sp³-hybridized carbons (Fsp3) is 0.294. The van der Waals surface area contributed by atoms with Gasteiger partial charge >= 0.3 is 0 Å². The average Bonchev–Trinajstić information content (AvgIpc) is 2.53. The lowest BCUT2D eigenvalue weighted by molar-refractivity contribution is 0.171. The number of nitrogens with one attached hydrogen (secondary N) is 1. The molecule has 3 nitrogen and oxygen atoms in total. The van der Waals surface area contributed by atoms with Crippen LogP contribution in [0.3, 0.4) is 0 Å². The fourth-order valence-electron chi connectivity index (χ4n) is 2.40. The molecule has 1 aliphatic heterocycles. The molecule has 110 valence electrons. The maximum absolute atomic E-state index is 13.7. The van der Waals surface area contributed by atoms with Crippen LogP contribution >= 0.6 is 0 Å². The van der Waals surface area contributed by atoms with Crippen molar-refractivity contribution in [1.82, 2.24) is 5.32 Å². The van der Waals surface area contributed by atoms with Crippen molar-refractivity contribution in [1.29, 1.82) is 0 Å². The first kappa shape index (κ1) is 13.9. The lowest BCUT2D eigenvalue weighted by Crippen LogP contribution is -2.20. The molecule has 0 unspecified atom stereocenters. The number of rotatable bonds is 4. The molecule has 1 atom stereocenters. The monoisotopic (exact) mass is 287 g/mol. The standard InChI is InChI=1S/C17H18FNO2/c1-12(14-4-2-3-5-15(14)18)19-11-13-6-7-16-17(10-13)21-9-8-20-16/h2-7,10,12,19H,8-9,11H2,1H3/t12-/m1/s1. The van der Waals surface area contributed by atoms with Crippen LogP contribution in [0.5, 0.6) is 11.5 Å². The van der Waals surface area contributed by atoms with Gasteiger partial charge in [-0.1, -0.05) is 24.3 Å². The number of benzene rings is 2. The highest BCUT2D eigenvalue weighted by atomic mass is 19.1. The summed E-state index contributed by atoms with van der Waals surface area (Å²) in [7, 11) is 0. The van der Waals surface area contributed by atoms with Crippen molar-refractivity contribution in [3.63, 3.8) is 0 Å². The molecule has 0 fully saturated rings. The molecule has 0 radical (unpaired) electrons. The maximum Gasteiger partial charge on any atom is 0.161 e. The average molecular weight is 287 g/mol. The highest BCUT2D eigenvalue weighted by molar-refractivity contribution is 5.43. The minimum absolute atomic E-state index is 0.0561. The van der Waals surface area contributed by atoms with Crippen LogP contribution in [-0.4, -0.2) is 13.2 Å². The number of halogens is 1. The van der Waals surface area contributed by atoms with E-state index in [0.29, 0.717) is 25.3 Å². The Labute approximate surface area is 123 Å². The first-order valence-electron chi connectivity index (χ1n) is 7.10. The van der Waals surface area contributed by atoms with Gasteiger partial charge in [-0.05, 0) is 30.7 Å². The molecule has 0 bridgehead atoms. The Bertz CT molecular complexity index is 630. The molecule has 2 aromatic carbocycles. The third-order valence-corrected chi connectivity index (χ3v) is 3.59. The van der Waals surface area contributed by atoms with Gasteiger partial charge in [-0.2, -0.15) is 0 Å². The van der Waals surface area contributed by atoms with Crippen molar-refractivity contribution in [2.75, 3.05) is 13.2 Å². The zero-order chi connectivity index (χ0) is 14.7. The second kappa shape index (κ2) is 6.14. The molecule has 1 aliphatic rings. The van der Waals surface area contributed by atoms with Gasteiger partial charge in [0, 0.05) is 18.2 Å². The molecule has 0 amide bonds. The number of fused-ring (bicyclic) bond motifs is 1. The molecule has 0 saturated carbocycles. The topological polar surface area (TPSA) is 30.5 Å². The van der Waals surface area contributed by atoms with E-state index in [1.54, 1.807) is 12.1 Å². The molecule has 0 aromatic heterocycles. The second-order valence-corrected chi connectivity index (χ2v) is 5.10. The van der Waals surface area contributed by atoms with Crippen molar-refractivity contribution in [3.05, 3.63) is 59.4 Å². The quantitative estimate of drug-likeness (QED) is 0.934. The minimum Gasteiger partial charge on any atom is -0.486 e. The Morgan fingerprint density at radius 3 is 2.67 bits per heavy atom. The molecule has 2 aromatic rings. The summed E-state index contributed by atoms with van der Waals surface area (Å²) in [6.45, 7) is 3.77. The highest BCUT2D eigenvalue weighted by Crippen LogP contribution is 2.30. The number of hydrogen-bond acceptors (Lipinski definition) is 3. The largest absolute Gasteiger partial charge is 0.486 e. The zero-order valence-corrected chi connectivity index (χ0v) is 11.9. The van der Waals surface area contributed by atoms with E-state index in [-0.39, 0.29) is 11.9 Å². The van der Waals surface area contributed by atoms with Crippen LogP contribution in [0.4, 0.5) is 4.39 Å². The van der Waals surface area contributed by atoms with Gasteiger partial charge < -0.3 is 14.8 Å². The molecule has 3 rings (SSSR count). The first-order valence-corrected chi connectivity index (χ1v) is 7.10. The summed E-state index contributed by atoms with van der Waals surface area (Å²) in [5, 5.41) is 3.33. The summed E-state index contributed by atoms with van der Waals surface area (Å²) in [5.41, 5.74) is 1.76. The second-order valence-electron chi connectivity index (χ2n) is 5.10. The Morgan fingerprint density at radius 2 is 1.86 bits per heavy atom. The number of ether oxygens (including phenoxy) is 2. The van der Waals surface area contributed by atoms with Crippen LogP contribution in [0.1, 0.15) is 24.1 Å². The van der Waals surface area contributed by atoms with Crippen molar-refractivity contribution < 1.29 is 13.9 Å². The summed E-state index contributed by atoms with van der Waals surface area (Å²) in [5.74, 6) is 1.38. The van der Waals surface area contributed by atoms with E-state index in [9.17, 15) is 4.39 Å². The minimum atomic E-state index is -0.181. The lowest BCUT2D eigenvalue weighted by Gasteiger charge is -2.20. The van der Waals surface area contributed by atoms with E-state index in [0.717, 1.165) is 17.1 Å². The summed E-state index contributed by atoms with van der Waals surface area (Å²) >= 11 is 0. The maximum atomic E-state index is 13.7. The van der Waals surface area contributed by atoms with Crippen LogP contribution in [0.2, 0.25) is 0 Å². The molecule has 1 heterocycles. The van der Waals surface area contributed by atoms with Gasteiger partial charge in [0.15, 0.2) is 11.5 Å². The van der Waals surface area contributed by atoms with Crippen LogP contribution in [0.25, 0.3) is 0 Å². The molecule has 0 aliphatic carbocycles. The van der Waals surface area contributed by atoms with Gasteiger partial charge in [-0.15, -0.1) is 0 Å². The molecular formula is C17H18FNO2. The smallest absolute Gasteiger partial charge is 0.161 e. The normalized spacial score (nSPS) is 14.8. The molecular weight excluding hydrogens is 269 g/mol. The Hall–Kier alpha value is -2.07. The molecule has 21 heavy (non-hydrogen) atoms. The van der Waals surface area contributed by atoms with Crippen LogP contribution in [0.15, 0.2) is 42.5 Å². The summed E-state index contributed by atoms with van der Waals surface area (Å²) in [4.78, 5) is 0. The van der Waals surface area contributed by atoms with Crippen molar-refractivity contribution in [2.45, 2.75) is 19.5 Å². The molecule has 0 saturated heterocycles. The van der Waals surface area contributed by atoms with E-state index < -0.39 is 0 Å². The number of hydrogen-bond donors (Lipinski definition) is 1. The summed E-state index contributed by atoms with van der Waals surface area (Å²) in [6, 6.07) is 12.7. The van der Waals surface area contributed by atoms with Gasteiger partial charge in [0.1, 0.15) is 19.0 Å². The van der Waals surface area contributed by atoms with Crippen molar-refractivity contribution in [3.8, 4) is 11.5 Å². The fourth-order valence-corrected chi connectivity index (χ4v) is 2.40. The van der Waals surface area contributed by atoms with Gasteiger partial charge in [0.2, 0.25) is 0 Å². The highest BCUT2D eigenvalue weighted by Gasteiger charge is 2.13. The lowest BCUT2D eigenvalue weighted by atomic mass is 10.1. The van der Waals surface area contributed by atoms with Crippen LogP contribution in [-0.2, 0) is 6.54 Å². The molecule has 1 N–H and O–H groups in total. The van der Waals surface area contributed by atoms with Crippen LogP contribution < -0.4 is 14.8 Å². The Balaban J connectivity index is 1.66. The SMILES string of the molecule is C[C@@H](NCc1ccc2c(c1)OCCO2)c1ccccc1F. The van der Waals surface area contributed by atoms with Crippen molar-refractivity contribution in [2.24, 2.45) is 0 Å². The van der Waals surface area contributed by atoms with E-state index >= 15 is 0 Å².